The molecule has 2 rings (SSSR count). The van der Waals surface area contributed by atoms with Gasteiger partial charge in [0.25, 0.3) is 0 Å². The third-order valence-corrected chi connectivity index (χ3v) is 2.52. The molecule has 86 valence electrons. The van der Waals surface area contributed by atoms with Crippen molar-refractivity contribution in [2.24, 2.45) is 0 Å². The molecule has 1 fully saturated rings. The van der Waals surface area contributed by atoms with Gasteiger partial charge in [0, 0.05) is 12.0 Å². The van der Waals surface area contributed by atoms with E-state index in [0.29, 0.717) is 18.8 Å². The predicted octanol–water partition coefficient (Wildman–Crippen LogP) is 2.20. The smallest absolute Gasteiger partial charge is 0.165 e. The molecule has 1 saturated heterocycles. The zero-order valence-electron chi connectivity index (χ0n) is 9.03. The Bertz CT molecular complexity index is 397. The second-order valence-corrected chi connectivity index (χ2v) is 3.80. The minimum atomic E-state index is -0.500. The van der Waals surface area contributed by atoms with Gasteiger partial charge in [-0.1, -0.05) is 0 Å². The van der Waals surface area contributed by atoms with E-state index in [1.54, 1.807) is 6.07 Å². The first-order valence-corrected chi connectivity index (χ1v) is 5.21. The van der Waals surface area contributed by atoms with E-state index in [0.717, 1.165) is 6.42 Å². The van der Waals surface area contributed by atoms with Crippen molar-refractivity contribution in [1.29, 1.82) is 0 Å². The molecule has 0 spiro atoms. The summed E-state index contributed by atoms with van der Waals surface area (Å²) in [7, 11) is 0. The van der Waals surface area contributed by atoms with E-state index in [1.807, 2.05) is 0 Å². The summed E-state index contributed by atoms with van der Waals surface area (Å²) in [5.74, 6) is -0.477. The molecule has 0 N–H and O–H groups in total. The van der Waals surface area contributed by atoms with E-state index in [1.165, 1.54) is 19.1 Å². The highest BCUT2D eigenvalue weighted by Crippen LogP contribution is 2.22. The molecule has 1 atom stereocenters. The fourth-order valence-electron chi connectivity index (χ4n) is 1.60. The van der Waals surface area contributed by atoms with Gasteiger partial charge in [0.2, 0.25) is 0 Å². The average molecular weight is 224 g/mol. The topological polar surface area (TPSA) is 35.5 Å². The first-order chi connectivity index (χ1) is 7.66. The predicted molar refractivity (Wildman–Crippen MR) is 56.3 cm³/mol. The first-order valence-electron chi connectivity index (χ1n) is 5.21. The molecule has 4 heteroatoms. The number of halogens is 1. The van der Waals surface area contributed by atoms with Gasteiger partial charge in [-0.3, -0.25) is 4.79 Å². The van der Waals surface area contributed by atoms with Crippen LogP contribution in [0.4, 0.5) is 4.39 Å². The Morgan fingerprint density at radius 3 is 2.94 bits per heavy atom. The van der Waals surface area contributed by atoms with E-state index in [-0.39, 0.29) is 17.6 Å². The lowest BCUT2D eigenvalue weighted by atomic mass is 10.1. The highest BCUT2D eigenvalue weighted by molar-refractivity contribution is 5.94. The summed E-state index contributed by atoms with van der Waals surface area (Å²) in [6.45, 7) is 2.55. The molecule has 1 aromatic carbocycles. The van der Waals surface area contributed by atoms with Crippen molar-refractivity contribution in [3.63, 3.8) is 0 Å². The lowest BCUT2D eigenvalue weighted by Gasteiger charge is -2.12. The lowest BCUT2D eigenvalue weighted by Crippen LogP contribution is -2.16. The van der Waals surface area contributed by atoms with E-state index in [4.69, 9.17) is 9.47 Å². The van der Waals surface area contributed by atoms with Crippen LogP contribution in [-0.4, -0.2) is 25.1 Å². The molecule has 16 heavy (non-hydrogen) atoms. The third-order valence-electron chi connectivity index (χ3n) is 2.52. The minimum Gasteiger partial charge on any atom is -0.485 e. The minimum absolute atomic E-state index is 0.0855. The summed E-state index contributed by atoms with van der Waals surface area (Å²) in [5.41, 5.74) is 0.354. The third kappa shape index (κ3) is 2.39. The van der Waals surface area contributed by atoms with Gasteiger partial charge >= 0.3 is 0 Å². The molecule has 0 saturated carbocycles. The molecule has 0 aliphatic carbocycles. The number of Topliss-reactive ketones (excluding diaryl/α,β-unsaturated/α-hetero) is 1. The van der Waals surface area contributed by atoms with Crippen molar-refractivity contribution >= 4 is 5.78 Å². The fraction of sp³-hybridized carbons (Fsp3) is 0.417. The van der Waals surface area contributed by atoms with Gasteiger partial charge in [0.15, 0.2) is 17.3 Å². The zero-order valence-corrected chi connectivity index (χ0v) is 9.03. The molecule has 3 nitrogen and oxygen atoms in total. The summed E-state index contributed by atoms with van der Waals surface area (Å²) in [6.07, 6.45) is 0.686. The normalized spacial score (nSPS) is 19.8. The number of ether oxygens (including phenoxy) is 2. The first kappa shape index (κ1) is 11.1. The van der Waals surface area contributed by atoms with Crippen LogP contribution in [0.5, 0.6) is 5.75 Å². The van der Waals surface area contributed by atoms with Gasteiger partial charge < -0.3 is 9.47 Å². The van der Waals surface area contributed by atoms with Gasteiger partial charge in [0.05, 0.1) is 13.2 Å². The van der Waals surface area contributed by atoms with Crippen LogP contribution in [-0.2, 0) is 4.74 Å². The molecule has 1 heterocycles. The SMILES string of the molecule is CC(=O)c1ccc(OC2CCOC2)c(F)c1. The molecule has 1 aliphatic rings. The van der Waals surface area contributed by atoms with E-state index >= 15 is 0 Å². The van der Waals surface area contributed by atoms with Crippen molar-refractivity contribution in [1.82, 2.24) is 0 Å². The van der Waals surface area contributed by atoms with E-state index in [2.05, 4.69) is 0 Å². The maximum absolute atomic E-state index is 13.5. The summed E-state index contributed by atoms with van der Waals surface area (Å²) >= 11 is 0. The number of hydrogen-bond donors (Lipinski definition) is 0. The van der Waals surface area contributed by atoms with Crippen LogP contribution >= 0.6 is 0 Å². The summed E-state index contributed by atoms with van der Waals surface area (Å²) in [6, 6.07) is 4.26. The van der Waals surface area contributed by atoms with Crippen molar-refractivity contribution in [2.45, 2.75) is 19.4 Å². The highest BCUT2D eigenvalue weighted by atomic mass is 19.1. The van der Waals surface area contributed by atoms with Crippen LogP contribution in [0.2, 0.25) is 0 Å². The van der Waals surface area contributed by atoms with Crippen LogP contribution in [0, 0.1) is 5.82 Å². The molecular weight excluding hydrogens is 211 g/mol. The van der Waals surface area contributed by atoms with Crippen molar-refractivity contribution in [3.05, 3.63) is 29.6 Å². The molecule has 1 aliphatic heterocycles. The van der Waals surface area contributed by atoms with Gasteiger partial charge in [-0.05, 0) is 25.1 Å². The number of carbonyl (C=O) groups excluding carboxylic acids is 1. The Hall–Kier alpha value is -1.42. The maximum atomic E-state index is 13.5. The van der Waals surface area contributed by atoms with Crippen LogP contribution in [0.3, 0.4) is 0 Å². The Morgan fingerprint density at radius 2 is 2.38 bits per heavy atom. The van der Waals surface area contributed by atoms with Crippen molar-refractivity contribution in [3.8, 4) is 5.75 Å². The maximum Gasteiger partial charge on any atom is 0.165 e. The van der Waals surface area contributed by atoms with E-state index in [9.17, 15) is 9.18 Å². The Kier molecular flexibility index (Phi) is 3.19. The molecule has 0 aromatic heterocycles. The number of ketones is 1. The lowest BCUT2D eigenvalue weighted by molar-refractivity contribution is 0.101. The van der Waals surface area contributed by atoms with Crippen LogP contribution in [0.25, 0.3) is 0 Å². The highest BCUT2D eigenvalue weighted by Gasteiger charge is 2.19. The summed E-state index contributed by atoms with van der Waals surface area (Å²) in [5, 5.41) is 0. The Balaban J connectivity index is 2.12. The van der Waals surface area contributed by atoms with Crippen molar-refractivity contribution < 1.29 is 18.7 Å². The van der Waals surface area contributed by atoms with Gasteiger partial charge in [-0.15, -0.1) is 0 Å². The molecule has 1 unspecified atom stereocenters. The van der Waals surface area contributed by atoms with E-state index < -0.39 is 5.82 Å². The molecule has 0 bridgehead atoms. The average Bonchev–Trinajstić information content (AvgIpc) is 2.73. The second-order valence-electron chi connectivity index (χ2n) is 3.80. The van der Waals surface area contributed by atoms with Gasteiger partial charge in [-0.2, -0.15) is 0 Å². The van der Waals surface area contributed by atoms with Crippen LogP contribution in [0.1, 0.15) is 23.7 Å². The Labute approximate surface area is 93.2 Å². The second kappa shape index (κ2) is 4.61. The molecule has 0 radical (unpaired) electrons. The number of rotatable bonds is 3. The van der Waals surface area contributed by atoms with Crippen LogP contribution in [0.15, 0.2) is 18.2 Å². The van der Waals surface area contributed by atoms with Crippen molar-refractivity contribution in [2.75, 3.05) is 13.2 Å². The molecule has 1 aromatic rings. The van der Waals surface area contributed by atoms with Gasteiger partial charge in [0.1, 0.15) is 6.10 Å². The van der Waals surface area contributed by atoms with Gasteiger partial charge in [-0.25, -0.2) is 4.39 Å². The largest absolute Gasteiger partial charge is 0.485 e. The molecule has 0 amide bonds. The molecular formula is C12H13FO3. The zero-order chi connectivity index (χ0) is 11.5. The monoisotopic (exact) mass is 224 g/mol. The fourth-order valence-corrected chi connectivity index (χ4v) is 1.60. The quantitative estimate of drug-likeness (QED) is 0.738. The standard InChI is InChI=1S/C12H13FO3/c1-8(14)9-2-3-12(11(13)6-9)16-10-4-5-15-7-10/h2-3,6,10H,4-5,7H2,1H3. The number of carbonyl (C=O) groups is 1. The Morgan fingerprint density at radius 1 is 1.56 bits per heavy atom. The number of hydrogen-bond acceptors (Lipinski definition) is 3. The number of benzene rings is 1. The summed E-state index contributed by atoms with van der Waals surface area (Å²) in [4.78, 5) is 11.0. The van der Waals surface area contributed by atoms with Crippen LogP contribution < -0.4 is 4.74 Å². The summed E-state index contributed by atoms with van der Waals surface area (Å²) < 4.78 is 24.1.